The van der Waals surface area contributed by atoms with Crippen LogP contribution in [0.5, 0.6) is 5.75 Å². The number of benzene rings is 2. The first-order valence-electron chi connectivity index (χ1n) is 13.1. The molecule has 4 heterocycles. The molecule has 2 atom stereocenters. The summed E-state index contributed by atoms with van der Waals surface area (Å²) in [5.41, 5.74) is 0.523. The van der Waals surface area contributed by atoms with Gasteiger partial charge in [0, 0.05) is 56.5 Å². The minimum Gasteiger partial charge on any atom is -0.507 e. The van der Waals surface area contributed by atoms with E-state index in [1.165, 1.54) is 9.80 Å². The zero-order chi connectivity index (χ0) is 26.6. The van der Waals surface area contributed by atoms with Crippen molar-refractivity contribution in [1.29, 1.82) is 0 Å². The van der Waals surface area contributed by atoms with Crippen molar-refractivity contribution in [2.45, 2.75) is 31.4 Å². The van der Waals surface area contributed by atoms with Crippen LogP contribution in [-0.4, -0.2) is 85.0 Å². The van der Waals surface area contributed by atoms with Gasteiger partial charge in [0.05, 0.1) is 18.8 Å². The highest BCUT2D eigenvalue weighted by Crippen LogP contribution is 2.53. The van der Waals surface area contributed by atoms with Crippen molar-refractivity contribution in [1.82, 2.24) is 9.80 Å². The molecule has 2 aromatic rings. The Morgan fingerprint density at radius 2 is 1.84 bits per heavy atom. The quantitative estimate of drug-likeness (QED) is 0.369. The number of likely N-dealkylation sites (tertiary alicyclic amines) is 1. The van der Waals surface area contributed by atoms with Crippen LogP contribution < -0.4 is 9.64 Å². The fourth-order valence-electron chi connectivity index (χ4n) is 6.26. The Kier molecular flexibility index (Phi) is 6.00. The fraction of sp³-hybridized carbons (Fsp3) is 0.414. The number of carbonyl (C=O) groups is 3. The van der Waals surface area contributed by atoms with E-state index in [9.17, 15) is 19.5 Å². The highest BCUT2D eigenvalue weighted by Gasteiger charge is 2.66. The lowest BCUT2D eigenvalue weighted by atomic mass is 9.81. The molecule has 198 valence electrons. The molecule has 4 aliphatic heterocycles. The molecule has 4 aliphatic rings. The molecule has 2 amide bonds. The number of hydrogen-bond donors (Lipinski definition) is 1. The second-order valence-corrected chi connectivity index (χ2v) is 10.4. The Morgan fingerprint density at radius 3 is 2.63 bits per heavy atom. The van der Waals surface area contributed by atoms with Crippen LogP contribution >= 0.6 is 0 Å². The maximum atomic E-state index is 14.1. The first kappa shape index (κ1) is 24.6. The number of hydrogen-bond acceptors (Lipinski definition) is 7. The summed E-state index contributed by atoms with van der Waals surface area (Å²) in [6.45, 7) is 5.79. The Morgan fingerprint density at radius 1 is 1.08 bits per heavy atom. The molecule has 2 fully saturated rings. The lowest BCUT2D eigenvalue weighted by molar-refractivity contribution is -0.143. The molecule has 0 bridgehead atoms. The zero-order valence-electron chi connectivity index (χ0n) is 21.6. The van der Waals surface area contributed by atoms with Gasteiger partial charge < -0.3 is 24.4 Å². The van der Waals surface area contributed by atoms with Gasteiger partial charge in [-0.3, -0.25) is 19.3 Å². The first-order chi connectivity index (χ1) is 18.3. The van der Waals surface area contributed by atoms with Crippen molar-refractivity contribution in [3.63, 3.8) is 0 Å². The van der Waals surface area contributed by atoms with Crippen LogP contribution in [-0.2, 0) is 31.1 Å². The number of aliphatic hydroxyl groups is 1. The maximum Gasteiger partial charge on any atom is 0.296 e. The largest absolute Gasteiger partial charge is 0.507 e. The summed E-state index contributed by atoms with van der Waals surface area (Å²) < 4.78 is 11.2. The number of ketones is 1. The van der Waals surface area contributed by atoms with Crippen molar-refractivity contribution in [2.24, 2.45) is 0 Å². The van der Waals surface area contributed by atoms with E-state index in [1.54, 1.807) is 43.4 Å². The number of para-hydroxylation sites is 1. The van der Waals surface area contributed by atoms with Crippen LogP contribution in [0.4, 0.5) is 5.69 Å². The molecule has 2 aromatic carbocycles. The molecular weight excluding hydrogens is 486 g/mol. The molecule has 0 unspecified atom stereocenters. The number of likely N-dealkylation sites (N-methyl/N-ethyl adjacent to an activating group) is 1. The summed E-state index contributed by atoms with van der Waals surface area (Å²) in [4.78, 5) is 46.5. The van der Waals surface area contributed by atoms with Crippen LogP contribution in [0.25, 0.3) is 5.76 Å². The lowest BCUT2D eigenvalue weighted by Gasteiger charge is -2.35. The van der Waals surface area contributed by atoms with E-state index in [4.69, 9.17) is 9.47 Å². The molecule has 9 heteroatoms. The minimum atomic E-state index is -1.72. The van der Waals surface area contributed by atoms with Crippen LogP contribution in [0, 0.1) is 0 Å². The Balaban J connectivity index is 1.46. The second kappa shape index (κ2) is 9.25. The summed E-state index contributed by atoms with van der Waals surface area (Å²) in [5.74, 6) is -1.67. The lowest BCUT2D eigenvalue weighted by Crippen LogP contribution is -2.52. The summed E-state index contributed by atoms with van der Waals surface area (Å²) in [6, 6.07) is 12.4. The Labute approximate surface area is 221 Å². The molecule has 9 nitrogen and oxygen atoms in total. The van der Waals surface area contributed by atoms with Gasteiger partial charge in [0.2, 0.25) is 0 Å². The van der Waals surface area contributed by atoms with Gasteiger partial charge in [0.1, 0.15) is 17.6 Å². The molecule has 1 spiro atoms. The highest BCUT2D eigenvalue weighted by molar-refractivity contribution is 6.50. The molecule has 0 aromatic heterocycles. The molecule has 38 heavy (non-hydrogen) atoms. The number of amides is 2. The molecule has 0 aliphatic carbocycles. The van der Waals surface area contributed by atoms with E-state index < -0.39 is 23.1 Å². The van der Waals surface area contributed by atoms with Crippen LogP contribution in [0.3, 0.4) is 0 Å². The highest BCUT2D eigenvalue weighted by atomic mass is 16.5. The van der Waals surface area contributed by atoms with Crippen LogP contribution in [0.2, 0.25) is 0 Å². The summed E-state index contributed by atoms with van der Waals surface area (Å²) in [5, 5.41) is 11.7. The minimum absolute atomic E-state index is 0.00923. The zero-order valence-corrected chi connectivity index (χ0v) is 21.6. The SMILES string of the molecule is C[C@H]1Cc2cc(C(O)=C3C(=O)C(=O)N(CCCN4CCOCC4)[C@@]34C(=O)N(C)c3ccccc34)ccc2O1. The third kappa shape index (κ3) is 3.56. The van der Waals surface area contributed by atoms with Crippen molar-refractivity contribution in [3.05, 3.63) is 64.7 Å². The van der Waals surface area contributed by atoms with Crippen LogP contribution in [0.15, 0.2) is 48.0 Å². The smallest absolute Gasteiger partial charge is 0.296 e. The average Bonchev–Trinajstić information content (AvgIpc) is 3.49. The molecule has 6 rings (SSSR count). The number of aliphatic hydroxyl groups excluding tert-OH is 1. The normalized spacial score (nSPS) is 26.3. The number of rotatable bonds is 5. The van der Waals surface area contributed by atoms with Crippen molar-refractivity contribution < 1.29 is 29.0 Å². The van der Waals surface area contributed by atoms with E-state index in [0.717, 1.165) is 24.4 Å². The average molecular weight is 518 g/mol. The van der Waals surface area contributed by atoms with Crippen molar-refractivity contribution in [2.75, 3.05) is 51.3 Å². The van der Waals surface area contributed by atoms with Gasteiger partial charge in [0.25, 0.3) is 17.6 Å². The monoisotopic (exact) mass is 517 g/mol. The van der Waals surface area contributed by atoms with Gasteiger partial charge in [-0.05, 0) is 43.2 Å². The Hall–Kier alpha value is -3.69. The predicted octanol–water partition coefficient (Wildman–Crippen LogP) is 2.28. The van der Waals surface area contributed by atoms with Gasteiger partial charge in [-0.15, -0.1) is 0 Å². The third-order valence-electron chi connectivity index (χ3n) is 8.07. The number of carbonyl (C=O) groups excluding carboxylic acids is 3. The van der Waals surface area contributed by atoms with E-state index >= 15 is 0 Å². The van der Waals surface area contributed by atoms with E-state index in [0.29, 0.717) is 49.4 Å². The summed E-state index contributed by atoms with van der Waals surface area (Å²) in [7, 11) is 1.64. The second-order valence-electron chi connectivity index (χ2n) is 10.4. The van der Waals surface area contributed by atoms with E-state index in [2.05, 4.69) is 4.90 Å². The van der Waals surface area contributed by atoms with E-state index in [1.807, 2.05) is 13.0 Å². The molecule has 1 N–H and O–H groups in total. The van der Waals surface area contributed by atoms with E-state index in [-0.39, 0.29) is 24.0 Å². The number of anilines is 1. The molecule has 0 saturated carbocycles. The standard InChI is InChI=1S/C29H31N3O6/c1-18-16-20-17-19(8-9-23(20)38-18)25(33)24-26(34)27(35)32(11-5-10-31-12-14-37-15-13-31)29(24)21-6-3-4-7-22(21)30(2)28(29)36/h3-4,6-9,17-18,33H,5,10-16H2,1-2H3/t18-,29+/m0/s1. The third-order valence-corrected chi connectivity index (χ3v) is 8.07. The Bertz CT molecular complexity index is 1360. The van der Waals surface area contributed by atoms with Crippen molar-refractivity contribution in [3.8, 4) is 5.75 Å². The van der Waals surface area contributed by atoms with Gasteiger partial charge in [-0.2, -0.15) is 0 Å². The number of fused-ring (bicyclic) bond motifs is 3. The number of nitrogens with zero attached hydrogens (tertiary/aromatic N) is 3. The summed E-state index contributed by atoms with van der Waals surface area (Å²) in [6.07, 6.45) is 1.25. The molecule has 2 saturated heterocycles. The molecule has 0 radical (unpaired) electrons. The van der Waals surface area contributed by atoms with Crippen molar-refractivity contribution >= 4 is 29.0 Å². The number of morpholine rings is 1. The number of ether oxygens (including phenoxy) is 2. The topological polar surface area (TPSA) is 99.6 Å². The van der Waals surface area contributed by atoms with Gasteiger partial charge in [0.15, 0.2) is 5.54 Å². The first-order valence-corrected chi connectivity index (χ1v) is 13.1. The predicted molar refractivity (Wildman–Crippen MR) is 140 cm³/mol. The van der Waals surface area contributed by atoms with Gasteiger partial charge >= 0.3 is 0 Å². The van der Waals surface area contributed by atoms with Crippen LogP contribution in [0.1, 0.15) is 30.0 Å². The number of Topliss-reactive ketones (excluding diaryl/α,β-unsaturated/α-hetero) is 1. The van der Waals surface area contributed by atoms with Gasteiger partial charge in [-0.25, -0.2) is 0 Å². The fourth-order valence-corrected chi connectivity index (χ4v) is 6.26. The van der Waals surface area contributed by atoms with Gasteiger partial charge in [-0.1, -0.05) is 18.2 Å². The molecular formula is C29H31N3O6. The maximum absolute atomic E-state index is 14.1. The summed E-state index contributed by atoms with van der Waals surface area (Å²) >= 11 is 0.